The Kier molecular flexibility index (Phi) is 3.79. The highest BCUT2D eigenvalue weighted by atomic mass is 15.0. The third-order valence-electron chi connectivity index (χ3n) is 4.19. The van der Waals surface area contributed by atoms with Crippen molar-refractivity contribution in [2.45, 2.75) is 38.5 Å². The van der Waals surface area contributed by atoms with E-state index in [1.54, 1.807) is 0 Å². The van der Waals surface area contributed by atoms with E-state index >= 15 is 0 Å². The molecule has 1 aliphatic carbocycles. The number of aromatic nitrogens is 1. The number of nitrogens with zero attached hydrogens (tertiary/aromatic N) is 1. The van der Waals surface area contributed by atoms with Gasteiger partial charge in [0.2, 0.25) is 0 Å². The van der Waals surface area contributed by atoms with E-state index in [2.05, 4.69) is 22.8 Å². The third-order valence-corrected chi connectivity index (χ3v) is 4.19. The Bertz CT molecular complexity index is 397. The second kappa shape index (κ2) is 5.70. The number of piperidine rings is 1. The minimum Gasteiger partial charge on any atom is -0.370 e. The van der Waals surface area contributed by atoms with E-state index in [9.17, 15) is 0 Å². The number of aryl methyl sites for hydroxylation is 2. The van der Waals surface area contributed by atoms with Crippen LogP contribution in [0.1, 0.15) is 36.9 Å². The van der Waals surface area contributed by atoms with Gasteiger partial charge in [-0.15, -0.1) is 0 Å². The smallest absolute Gasteiger partial charge is 0.126 e. The SMILES string of the molecule is c1cc2c(nc1NCCC1CCCNC1)CCC2. The normalized spacial score (nSPS) is 22.8. The van der Waals surface area contributed by atoms with Crippen LogP contribution in [0.4, 0.5) is 5.82 Å². The topological polar surface area (TPSA) is 37.0 Å². The molecule has 0 amide bonds. The molecule has 3 rings (SSSR count). The number of hydrogen-bond donors (Lipinski definition) is 2. The zero-order valence-electron chi connectivity index (χ0n) is 11.0. The molecule has 3 nitrogen and oxygen atoms in total. The van der Waals surface area contributed by atoms with Gasteiger partial charge in [-0.05, 0) is 69.2 Å². The number of nitrogens with one attached hydrogen (secondary N) is 2. The van der Waals surface area contributed by atoms with Crippen molar-refractivity contribution in [3.8, 4) is 0 Å². The molecule has 1 aromatic heterocycles. The molecule has 2 aliphatic rings. The van der Waals surface area contributed by atoms with E-state index < -0.39 is 0 Å². The monoisotopic (exact) mass is 245 g/mol. The standard InChI is InChI=1S/C15H23N3/c1-4-13-6-7-15(18-14(13)5-1)17-10-8-12-3-2-9-16-11-12/h6-7,12,16H,1-5,8-11H2,(H,17,18). The van der Waals surface area contributed by atoms with Gasteiger partial charge in [-0.3, -0.25) is 0 Å². The largest absolute Gasteiger partial charge is 0.370 e. The lowest BCUT2D eigenvalue weighted by Crippen LogP contribution is -2.30. The number of rotatable bonds is 4. The lowest BCUT2D eigenvalue weighted by atomic mass is 9.96. The van der Waals surface area contributed by atoms with Crippen LogP contribution in [0.25, 0.3) is 0 Å². The van der Waals surface area contributed by atoms with Crippen LogP contribution in [-0.2, 0) is 12.8 Å². The summed E-state index contributed by atoms with van der Waals surface area (Å²) in [7, 11) is 0. The molecule has 1 fully saturated rings. The molecule has 2 heterocycles. The Hall–Kier alpha value is -1.09. The summed E-state index contributed by atoms with van der Waals surface area (Å²) in [4.78, 5) is 4.71. The predicted octanol–water partition coefficient (Wildman–Crippen LogP) is 2.37. The zero-order chi connectivity index (χ0) is 12.2. The summed E-state index contributed by atoms with van der Waals surface area (Å²) < 4.78 is 0. The van der Waals surface area contributed by atoms with Crippen LogP contribution >= 0.6 is 0 Å². The quantitative estimate of drug-likeness (QED) is 0.855. The van der Waals surface area contributed by atoms with E-state index in [0.29, 0.717) is 0 Å². The van der Waals surface area contributed by atoms with Crippen molar-refractivity contribution in [1.29, 1.82) is 0 Å². The molecule has 0 bridgehead atoms. The van der Waals surface area contributed by atoms with Crippen molar-refractivity contribution in [1.82, 2.24) is 10.3 Å². The van der Waals surface area contributed by atoms with E-state index in [1.165, 1.54) is 56.5 Å². The highest BCUT2D eigenvalue weighted by molar-refractivity contribution is 5.40. The van der Waals surface area contributed by atoms with Crippen LogP contribution in [-0.4, -0.2) is 24.6 Å². The Morgan fingerprint density at radius 1 is 1.28 bits per heavy atom. The van der Waals surface area contributed by atoms with Crippen LogP contribution in [0, 0.1) is 5.92 Å². The Morgan fingerprint density at radius 3 is 3.17 bits per heavy atom. The fraction of sp³-hybridized carbons (Fsp3) is 0.667. The van der Waals surface area contributed by atoms with Gasteiger partial charge in [-0.2, -0.15) is 0 Å². The maximum atomic E-state index is 4.71. The van der Waals surface area contributed by atoms with Gasteiger partial charge in [0.25, 0.3) is 0 Å². The van der Waals surface area contributed by atoms with Crippen molar-refractivity contribution in [3.63, 3.8) is 0 Å². The molecule has 18 heavy (non-hydrogen) atoms. The van der Waals surface area contributed by atoms with Crippen molar-refractivity contribution in [2.75, 3.05) is 25.0 Å². The first kappa shape index (κ1) is 12.0. The molecule has 0 spiro atoms. The first-order valence-corrected chi connectivity index (χ1v) is 7.35. The summed E-state index contributed by atoms with van der Waals surface area (Å²) in [5.41, 5.74) is 2.77. The summed E-state index contributed by atoms with van der Waals surface area (Å²) in [6.45, 7) is 3.45. The maximum absolute atomic E-state index is 4.71. The van der Waals surface area contributed by atoms with Gasteiger partial charge in [0, 0.05) is 12.2 Å². The summed E-state index contributed by atoms with van der Waals surface area (Å²) >= 11 is 0. The highest BCUT2D eigenvalue weighted by Gasteiger charge is 2.14. The Labute approximate surface area is 109 Å². The second-order valence-corrected chi connectivity index (χ2v) is 5.58. The fourth-order valence-corrected chi connectivity index (χ4v) is 3.09. The highest BCUT2D eigenvalue weighted by Crippen LogP contribution is 2.21. The molecule has 0 saturated carbocycles. The predicted molar refractivity (Wildman–Crippen MR) is 75.0 cm³/mol. The van der Waals surface area contributed by atoms with Crippen molar-refractivity contribution in [2.24, 2.45) is 5.92 Å². The molecule has 0 aromatic carbocycles. The first-order chi connectivity index (χ1) is 8.92. The molecule has 98 valence electrons. The maximum Gasteiger partial charge on any atom is 0.126 e. The van der Waals surface area contributed by atoms with Gasteiger partial charge in [0.05, 0.1) is 0 Å². The second-order valence-electron chi connectivity index (χ2n) is 5.58. The average Bonchev–Trinajstić information content (AvgIpc) is 2.87. The fourth-order valence-electron chi connectivity index (χ4n) is 3.09. The summed E-state index contributed by atoms with van der Waals surface area (Å²) in [6.07, 6.45) is 7.63. The summed E-state index contributed by atoms with van der Waals surface area (Å²) in [5, 5.41) is 6.96. The minimum absolute atomic E-state index is 0.848. The van der Waals surface area contributed by atoms with E-state index in [0.717, 1.165) is 24.7 Å². The molecule has 0 radical (unpaired) electrons. The molecule has 1 saturated heterocycles. The number of fused-ring (bicyclic) bond motifs is 1. The van der Waals surface area contributed by atoms with Crippen LogP contribution in [0.5, 0.6) is 0 Å². The van der Waals surface area contributed by atoms with Gasteiger partial charge in [-0.25, -0.2) is 4.98 Å². The third kappa shape index (κ3) is 2.83. The van der Waals surface area contributed by atoms with Gasteiger partial charge in [0.1, 0.15) is 5.82 Å². The molecule has 2 N–H and O–H groups in total. The Morgan fingerprint density at radius 2 is 2.28 bits per heavy atom. The first-order valence-electron chi connectivity index (χ1n) is 7.35. The number of anilines is 1. The van der Waals surface area contributed by atoms with Crippen LogP contribution < -0.4 is 10.6 Å². The molecule has 1 unspecified atom stereocenters. The van der Waals surface area contributed by atoms with Crippen LogP contribution in [0.15, 0.2) is 12.1 Å². The van der Waals surface area contributed by atoms with Crippen molar-refractivity contribution < 1.29 is 0 Å². The van der Waals surface area contributed by atoms with Gasteiger partial charge in [-0.1, -0.05) is 6.07 Å². The van der Waals surface area contributed by atoms with Gasteiger partial charge in [0.15, 0.2) is 0 Å². The lowest BCUT2D eigenvalue weighted by molar-refractivity contribution is 0.364. The molecule has 1 atom stereocenters. The number of pyridine rings is 1. The van der Waals surface area contributed by atoms with Crippen LogP contribution in [0.2, 0.25) is 0 Å². The molecule has 1 aliphatic heterocycles. The van der Waals surface area contributed by atoms with E-state index in [-0.39, 0.29) is 0 Å². The molecular weight excluding hydrogens is 222 g/mol. The van der Waals surface area contributed by atoms with E-state index in [4.69, 9.17) is 4.98 Å². The molecular formula is C15H23N3. The zero-order valence-corrected chi connectivity index (χ0v) is 11.0. The molecule has 3 heteroatoms. The summed E-state index contributed by atoms with van der Waals surface area (Å²) in [5.74, 6) is 1.92. The van der Waals surface area contributed by atoms with Gasteiger partial charge < -0.3 is 10.6 Å². The average molecular weight is 245 g/mol. The van der Waals surface area contributed by atoms with Crippen LogP contribution in [0.3, 0.4) is 0 Å². The van der Waals surface area contributed by atoms with E-state index in [1.807, 2.05) is 0 Å². The summed E-state index contributed by atoms with van der Waals surface area (Å²) in [6, 6.07) is 4.39. The van der Waals surface area contributed by atoms with Crippen molar-refractivity contribution >= 4 is 5.82 Å². The van der Waals surface area contributed by atoms with Crippen molar-refractivity contribution in [3.05, 3.63) is 23.4 Å². The minimum atomic E-state index is 0.848. The van der Waals surface area contributed by atoms with Gasteiger partial charge >= 0.3 is 0 Å². The molecule has 1 aromatic rings. The lowest BCUT2D eigenvalue weighted by Gasteiger charge is -2.22. The Balaban J connectivity index is 1.48. The number of hydrogen-bond acceptors (Lipinski definition) is 3.